The Kier molecular flexibility index (Phi) is 8.67. The maximum Gasteiger partial charge on any atom is 0.343 e. The highest BCUT2D eigenvalue weighted by Gasteiger charge is 2.02. The first-order valence-corrected chi connectivity index (χ1v) is 9.54. The van der Waals surface area contributed by atoms with Gasteiger partial charge in [-0.2, -0.15) is 5.10 Å². The standard InChI is InChI=1S/C19H19ClN2O4S/c1-25-19(24)11-26-17-7-5-14(6-8-17)10-21-22-18(23)13-27-12-15-3-2-4-16(20)9-15/h2-10H,11-13H2,1H3,(H,22,23)/b21-10-. The summed E-state index contributed by atoms with van der Waals surface area (Å²) in [5, 5.41) is 4.61. The molecule has 142 valence electrons. The molecule has 0 aliphatic rings. The van der Waals surface area contributed by atoms with Crippen molar-refractivity contribution in [3.63, 3.8) is 0 Å². The third-order valence-electron chi connectivity index (χ3n) is 3.26. The molecule has 0 bridgehead atoms. The average molecular weight is 407 g/mol. The highest BCUT2D eigenvalue weighted by Crippen LogP contribution is 2.16. The first-order valence-electron chi connectivity index (χ1n) is 8.00. The Morgan fingerprint density at radius 3 is 2.70 bits per heavy atom. The Labute approximate surface area is 166 Å². The molecule has 1 amide bonds. The number of carbonyl (C=O) groups excluding carboxylic acids is 2. The highest BCUT2D eigenvalue weighted by molar-refractivity contribution is 7.99. The van der Waals surface area contributed by atoms with Gasteiger partial charge in [-0.1, -0.05) is 23.7 Å². The van der Waals surface area contributed by atoms with Gasteiger partial charge >= 0.3 is 5.97 Å². The van der Waals surface area contributed by atoms with Gasteiger partial charge in [0.1, 0.15) is 5.75 Å². The Morgan fingerprint density at radius 1 is 1.22 bits per heavy atom. The average Bonchev–Trinajstić information content (AvgIpc) is 2.67. The number of nitrogens with zero attached hydrogens (tertiary/aromatic N) is 1. The number of benzene rings is 2. The van der Waals surface area contributed by atoms with Gasteiger partial charge in [0.05, 0.1) is 19.1 Å². The van der Waals surface area contributed by atoms with E-state index in [0.717, 1.165) is 11.1 Å². The monoisotopic (exact) mass is 406 g/mol. The van der Waals surface area contributed by atoms with Crippen molar-refractivity contribution in [2.75, 3.05) is 19.5 Å². The number of halogens is 1. The van der Waals surface area contributed by atoms with Crippen molar-refractivity contribution in [2.45, 2.75) is 5.75 Å². The highest BCUT2D eigenvalue weighted by atomic mass is 35.5. The molecule has 0 saturated carbocycles. The molecule has 0 aliphatic heterocycles. The van der Waals surface area contributed by atoms with E-state index in [-0.39, 0.29) is 12.5 Å². The van der Waals surface area contributed by atoms with Gasteiger partial charge in [-0.05, 0) is 47.5 Å². The van der Waals surface area contributed by atoms with Gasteiger partial charge in [0, 0.05) is 10.8 Å². The van der Waals surface area contributed by atoms with Crippen LogP contribution < -0.4 is 10.2 Å². The van der Waals surface area contributed by atoms with E-state index >= 15 is 0 Å². The summed E-state index contributed by atoms with van der Waals surface area (Å²) >= 11 is 7.41. The molecule has 2 aromatic rings. The number of esters is 1. The van der Waals surface area contributed by atoms with Gasteiger partial charge in [-0.3, -0.25) is 4.79 Å². The summed E-state index contributed by atoms with van der Waals surface area (Å²) < 4.78 is 9.74. The number of thioether (sulfide) groups is 1. The van der Waals surface area contributed by atoms with Crippen LogP contribution in [0.15, 0.2) is 53.6 Å². The molecule has 0 fully saturated rings. The predicted molar refractivity (Wildman–Crippen MR) is 107 cm³/mol. The molecule has 0 unspecified atom stereocenters. The third kappa shape index (κ3) is 8.15. The van der Waals surface area contributed by atoms with Gasteiger partial charge in [-0.15, -0.1) is 11.8 Å². The van der Waals surface area contributed by atoms with Crippen LogP contribution in [-0.4, -0.2) is 37.6 Å². The second kappa shape index (κ2) is 11.3. The molecular weight excluding hydrogens is 388 g/mol. The number of carbonyl (C=O) groups is 2. The van der Waals surface area contributed by atoms with Crippen LogP contribution in [0.4, 0.5) is 0 Å². The molecule has 0 atom stereocenters. The minimum absolute atomic E-state index is 0.146. The van der Waals surface area contributed by atoms with E-state index in [4.69, 9.17) is 16.3 Å². The van der Waals surface area contributed by atoms with E-state index < -0.39 is 5.97 Å². The molecule has 0 aromatic heterocycles. The third-order valence-corrected chi connectivity index (χ3v) is 4.50. The van der Waals surface area contributed by atoms with Crippen molar-refractivity contribution < 1.29 is 19.1 Å². The van der Waals surface area contributed by atoms with Crippen LogP contribution in [0.1, 0.15) is 11.1 Å². The Balaban J connectivity index is 1.69. The topological polar surface area (TPSA) is 77.0 Å². The molecule has 2 aromatic carbocycles. The van der Waals surface area contributed by atoms with Gasteiger partial charge in [-0.25, -0.2) is 10.2 Å². The summed E-state index contributed by atoms with van der Waals surface area (Å²) in [7, 11) is 1.30. The molecule has 0 spiro atoms. The number of hydrogen-bond donors (Lipinski definition) is 1. The van der Waals surface area contributed by atoms with Crippen molar-refractivity contribution in [3.8, 4) is 5.75 Å². The van der Waals surface area contributed by atoms with E-state index in [1.807, 2.05) is 24.3 Å². The van der Waals surface area contributed by atoms with Crippen LogP contribution in [0.3, 0.4) is 0 Å². The van der Waals surface area contributed by atoms with Gasteiger partial charge < -0.3 is 9.47 Å². The molecule has 0 aliphatic carbocycles. The maximum absolute atomic E-state index is 11.8. The lowest BCUT2D eigenvalue weighted by Crippen LogP contribution is -2.19. The Bertz CT molecular complexity index is 797. The first-order chi connectivity index (χ1) is 13.1. The minimum Gasteiger partial charge on any atom is -0.482 e. The number of nitrogens with one attached hydrogen (secondary N) is 1. The summed E-state index contributed by atoms with van der Waals surface area (Å²) in [6.07, 6.45) is 1.53. The lowest BCUT2D eigenvalue weighted by molar-refractivity contribution is -0.142. The molecule has 2 rings (SSSR count). The second-order valence-corrected chi connectivity index (χ2v) is 6.77. The smallest absolute Gasteiger partial charge is 0.343 e. The maximum atomic E-state index is 11.8. The van der Waals surface area contributed by atoms with Crippen LogP contribution in [-0.2, 0) is 20.1 Å². The quantitative estimate of drug-likeness (QED) is 0.393. The number of rotatable bonds is 9. The Hall–Kier alpha value is -2.51. The number of methoxy groups -OCH3 is 1. The van der Waals surface area contributed by atoms with Crippen molar-refractivity contribution in [2.24, 2.45) is 5.10 Å². The van der Waals surface area contributed by atoms with Gasteiger partial charge in [0.25, 0.3) is 0 Å². The van der Waals surface area contributed by atoms with Crippen LogP contribution >= 0.6 is 23.4 Å². The van der Waals surface area contributed by atoms with Crippen molar-refractivity contribution in [1.82, 2.24) is 5.43 Å². The summed E-state index contributed by atoms with van der Waals surface area (Å²) in [4.78, 5) is 22.8. The summed E-state index contributed by atoms with van der Waals surface area (Å²) in [5.41, 5.74) is 4.33. The van der Waals surface area contributed by atoms with E-state index in [2.05, 4.69) is 15.3 Å². The van der Waals surface area contributed by atoms with E-state index in [1.165, 1.54) is 25.1 Å². The van der Waals surface area contributed by atoms with E-state index in [9.17, 15) is 9.59 Å². The molecule has 8 heteroatoms. The van der Waals surface area contributed by atoms with Crippen molar-refractivity contribution in [1.29, 1.82) is 0 Å². The number of amides is 1. The summed E-state index contributed by atoms with van der Waals surface area (Å²) in [6, 6.07) is 14.5. The first kappa shape index (κ1) is 20.8. The normalized spacial score (nSPS) is 10.6. The predicted octanol–water partition coefficient (Wildman–Crippen LogP) is 3.28. The number of ether oxygens (including phenoxy) is 2. The van der Waals surface area contributed by atoms with Crippen LogP contribution in [0, 0.1) is 0 Å². The second-order valence-electron chi connectivity index (χ2n) is 5.35. The minimum atomic E-state index is -0.448. The fourth-order valence-electron chi connectivity index (χ4n) is 1.95. The van der Waals surface area contributed by atoms with Gasteiger partial charge in [0.2, 0.25) is 5.91 Å². The van der Waals surface area contributed by atoms with Crippen LogP contribution in [0.2, 0.25) is 5.02 Å². The van der Waals surface area contributed by atoms with Crippen LogP contribution in [0.25, 0.3) is 0 Å². The zero-order valence-corrected chi connectivity index (χ0v) is 16.3. The number of hydrazone groups is 1. The van der Waals surface area contributed by atoms with E-state index in [1.54, 1.807) is 24.3 Å². The lowest BCUT2D eigenvalue weighted by Gasteiger charge is -2.04. The van der Waals surface area contributed by atoms with E-state index in [0.29, 0.717) is 22.3 Å². The molecule has 27 heavy (non-hydrogen) atoms. The fraction of sp³-hybridized carbons (Fsp3) is 0.211. The molecule has 1 N–H and O–H groups in total. The molecule has 0 heterocycles. The number of hydrogen-bond acceptors (Lipinski definition) is 6. The molecular formula is C19H19ClN2O4S. The zero-order valence-electron chi connectivity index (χ0n) is 14.7. The fourth-order valence-corrected chi connectivity index (χ4v) is 2.93. The SMILES string of the molecule is COC(=O)COc1ccc(/C=N\NC(=O)CSCc2cccc(Cl)c2)cc1. The molecule has 6 nitrogen and oxygen atoms in total. The van der Waals surface area contributed by atoms with Crippen molar-refractivity contribution in [3.05, 3.63) is 64.7 Å². The van der Waals surface area contributed by atoms with Crippen LogP contribution in [0.5, 0.6) is 5.75 Å². The van der Waals surface area contributed by atoms with Gasteiger partial charge in [0.15, 0.2) is 6.61 Å². The summed E-state index contributed by atoms with van der Waals surface area (Å²) in [5.74, 6) is 0.904. The molecule has 0 radical (unpaired) electrons. The summed E-state index contributed by atoms with van der Waals surface area (Å²) in [6.45, 7) is -0.146. The largest absolute Gasteiger partial charge is 0.482 e. The molecule has 0 saturated heterocycles. The lowest BCUT2D eigenvalue weighted by atomic mass is 10.2. The Morgan fingerprint density at radius 2 is 2.00 bits per heavy atom. The zero-order chi connectivity index (χ0) is 19.5. The van der Waals surface area contributed by atoms with Crippen molar-refractivity contribution >= 4 is 41.5 Å².